The molecule has 1 atom stereocenters. The second-order valence-electron chi connectivity index (χ2n) is 9.40. The van der Waals surface area contributed by atoms with Gasteiger partial charge in [-0.05, 0) is 66.5 Å². The van der Waals surface area contributed by atoms with Crippen LogP contribution in [0.5, 0.6) is 0 Å². The lowest BCUT2D eigenvalue weighted by Gasteiger charge is -2.32. The van der Waals surface area contributed by atoms with Crippen molar-refractivity contribution in [3.8, 4) is 0 Å². The van der Waals surface area contributed by atoms with Crippen molar-refractivity contribution in [1.82, 2.24) is 9.88 Å². The highest BCUT2D eigenvalue weighted by Gasteiger charge is 2.40. The molecular weight excluding hydrogens is 412 g/mol. The summed E-state index contributed by atoms with van der Waals surface area (Å²) < 4.78 is 15.7. The molecule has 32 heavy (non-hydrogen) atoms. The van der Waals surface area contributed by atoms with Gasteiger partial charge in [0.2, 0.25) is 0 Å². The molecular formula is C24H32N2O6. The highest BCUT2D eigenvalue weighted by atomic mass is 16.6. The molecule has 0 aliphatic heterocycles. The first-order valence-electron chi connectivity index (χ1n) is 10.5. The standard InChI is InChI=1S/C24H32N2O6/c1-23(2,3)31-21(28)26(22(29)32-24(4,5)6)19(20(27)30-7)15-14-17-13-12-16-10-8-9-11-18(16)25-17/h8-13,19H,14-15H2,1-7H3. The van der Waals surface area contributed by atoms with Crippen LogP contribution in [0.25, 0.3) is 10.9 Å². The summed E-state index contributed by atoms with van der Waals surface area (Å²) in [6, 6.07) is 10.2. The molecule has 2 rings (SSSR count). The number of aryl methyl sites for hydroxylation is 1. The van der Waals surface area contributed by atoms with Crippen molar-refractivity contribution in [2.45, 2.75) is 71.6 Å². The number of aromatic nitrogens is 1. The van der Waals surface area contributed by atoms with E-state index in [0.717, 1.165) is 10.9 Å². The van der Waals surface area contributed by atoms with Crippen molar-refractivity contribution in [1.29, 1.82) is 0 Å². The molecule has 2 amide bonds. The maximum Gasteiger partial charge on any atom is 0.420 e. The van der Waals surface area contributed by atoms with Gasteiger partial charge in [0.25, 0.3) is 0 Å². The number of benzene rings is 1. The third-order valence-corrected chi connectivity index (χ3v) is 4.30. The average Bonchev–Trinajstić information content (AvgIpc) is 2.67. The van der Waals surface area contributed by atoms with Gasteiger partial charge in [-0.3, -0.25) is 4.98 Å². The molecule has 0 bridgehead atoms. The highest BCUT2D eigenvalue weighted by Crippen LogP contribution is 2.21. The number of imide groups is 1. The van der Waals surface area contributed by atoms with E-state index in [4.69, 9.17) is 14.2 Å². The van der Waals surface area contributed by atoms with Gasteiger partial charge < -0.3 is 14.2 Å². The van der Waals surface area contributed by atoms with Gasteiger partial charge in [-0.1, -0.05) is 24.3 Å². The van der Waals surface area contributed by atoms with E-state index in [9.17, 15) is 14.4 Å². The molecule has 174 valence electrons. The first-order valence-corrected chi connectivity index (χ1v) is 10.5. The van der Waals surface area contributed by atoms with Crippen LogP contribution < -0.4 is 0 Å². The Labute approximate surface area is 188 Å². The Morgan fingerprint density at radius 1 is 0.906 bits per heavy atom. The zero-order valence-electron chi connectivity index (χ0n) is 19.8. The van der Waals surface area contributed by atoms with Gasteiger partial charge in [0.05, 0.1) is 12.6 Å². The van der Waals surface area contributed by atoms with Gasteiger partial charge in [0.1, 0.15) is 17.2 Å². The minimum atomic E-state index is -1.24. The number of hydrogen-bond donors (Lipinski definition) is 0. The molecule has 8 heteroatoms. The summed E-state index contributed by atoms with van der Waals surface area (Å²) in [7, 11) is 1.20. The van der Waals surface area contributed by atoms with E-state index < -0.39 is 35.4 Å². The number of carbonyl (C=O) groups is 3. The number of esters is 1. The number of para-hydroxylation sites is 1. The Kier molecular flexibility index (Phi) is 7.83. The Morgan fingerprint density at radius 3 is 2.00 bits per heavy atom. The smallest absolute Gasteiger partial charge is 0.420 e. The summed E-state index contributed by atoms with van der Waals surface area (Å²) >= 11 is 0. The predicted octanol–water partition coefficient (Wildman–Crippen LogP) is 4.88. The monoisotopic (exact) mass is 444 g/mol. The number of methoxy groups -OCH3 is 1. The summed E-state index contributed by atoms with van der Waals surface area (Å²) in [5, 5.41) is 0.991. The maximum absolute atomic E-state index is 12.9. The molecule has 0 fully saturated rings. The predicted molar refractivity (Wildman–Crippen MR) is 120 cm³/mol. The van der Waals surface area contributed by atoms with Gasteiger partial charge in [-0.25, -0.2) is 14.4 Å². The summed E-state index contributed by atoms with van der Waals surface area (Å²) in [6.45, 7) is 10.0. The second kappa shape index (κ2) is 9.97. The maximum atomic E-state index is 12.9. The van der Waals surface area contributed by atoms with Crippen LogP contribution in [-0.4, -0.2) is 52.4 Å². The van der Waals surface area contributed by atoms with E-state index in [1.165, 1.54) is 7.11 Å². The average molecular weight is 445 g/mol. The fraction of sp³-hybridized carbons (Fsp3) is 0.500. The van der Waals surface area contributed by atoms with E-state index in [0.29, 0.717) is 17.0 Å². The fourth-order valence-electron chi connectivity index (χ4n) is 2.97. The lowest BCUT2D eigenvalue weighted by molar-refractivity contribution is -0.146. The van der Waals surface area contributed by atoms with Crippen LogP contribution in [0.1, 0.15) is 53.7 Å². The molecule has 1 aromatic heterocycles. The first kappa shape index (κ1) is 25.1. The number of amides is 2. The molecule has 0 spiro atoms. The van der Waals surface area contributed by atoms with Crippen LogP contribution in [0.2, 0.25) is 0 Å². The molecule has 0 aliphatic rings. The quantitative estimate of drug-likeness (QED) is 0.479. The molecule has 0 N–H and O–H groups in total. The Morgan fingerprint density at radius 2 is 1.47 bits per heavy atom. The van der Waals surface area contributed by atoms with Crippen molar-refractivity contribution in [3.63, 3.8) is 0 Å². The normalized spacial score (nSPS) is 12.7. The van der Waals surface area contributed by atoms with Gasteiger partial charge >= 0.3 is 18.2 Å². The zero-order chi connectivity index (χ0) is 24.1. The molecule has 0 aliphatic carbocycles. The van der Waals surface area contributed by atoms with Crippen LogP contribution >= 0.6 is 0 Å². The zero-order valence-corrected chi connectivity index (χ0v) is 19.8. The summed E-state index contributed by atoms with van der Waals surface area (Å²) in [4.78, 5) is 43.7. The van der Waals surface area contributed by atoms with E-state index in [1.54, 1.807) is 41.5 Å². The number of nitrogens with zero attached hydrogens (tertiary/aromatic N) is 2. The van der Waals surface area contributed by atoms with Crippen molar-refractivity contribution in [2.24, 2.45) is 0 Å². The van der Waals surface area contributed by atoms with Crippen molar-refractivity contribution in [3.05, 3.63) is 42.1 Å². The minimum Gasteiger partial charge on any atom is -0.467 e. The number of ether oxygens (including phenoxy) is 3. The molecule has 0 saturated heterocycles. The van der Waals surface area contributed by atoms with E-state index in [1.807, 2.05) is 36.4 Å². The summed E-state index contributed by atoms with van der Waals surface area (Å²) in [5.74, 6) is -0.748. The Bertz CT molecular complexity index is 946. The third-order valence-electron chi connectivity index (χ3n) is 4.30. The van der Waals surface area contributed by atoms with Gasteiger partial charge in [0.15, 0.2) is 0 Å². The summed E-state index contributed by atoms with van der Waals surface area (Å²) in [6.07, 6.45) is -1.54. The molecule has 2 aromatic rings. The van der Waals surface area contributed by atoms with Crippen LogP contribution in [0.3, 0.4) is 0 Å². The second-order valence-corrected chi connectivity index (χ2v) is 9.40. The Balaban J connectivity index is 2.34. The van der Waals surface area contributed by atoms with Crippen LogP contribution in [0, 0.1) is 0 Å². The van der Waals surface area contributed by atoms with Gasteiger partial charge in [-0.15, -0.1) is 0 Å². The SMILES string of the molecule is COC(=O)C(CCc1ccc2ccccc2n1)N(C(=O)OC(C)(C)C)C(=O)OC(C)(C)C. The molecule has 1 unspecified atom stereocenters. The highest BCUT2D eigenvalue weighted by molar-refractivity contribution is 5.94. The number of fused-ring (bicyclic) bond motifs is 1. The number of carbonyl (C=O) groups excluding carboxylic acids is 3. The molecule has 8 nitrogen and oxygen atoms in total. The fourth-order valence-corrected chi connectivity index (χ4v) is 2.97. The number of pyridine rings is 1. The minimum absolute atomic E-state index is 0.0937. The summed E-state index contributed by atoms with van der Waals surface area (Å²) in [5.41, 5.74) is -0.225. The van der Waals surface area contributed by atoms with Gasteiger partial charge in [-0.2, -0.15) is 4.90 Å². The molecule has 1 heterocycles. The number of hydrogen-bond acceptors (Lipinski definition) is 7. The van der Waals surface area contributed by atoms with Crippen molar-refractivity contribution in [2.75, 3.05) is 7.11 Å². The first-order chi connectivity index (χ1) is 14.8. The Hall–Kier alpha value is -3.16. The van der Waals surface area contributed by atoms with E-state index >= 15 is 0 Å². The van der Waals surface area contributed by atoms with Crippen LogP contribution in [0.15, 0.2) is 36.4 Å². The van der Waals surface area contributed by atoms with Crippen LogP contribution in [-0.2, 0) is 25.4 Å². The largest absolute Gasteiger partial charge is 0.467 e. The number of rotatable bonds is 5. The molecule has 0 radical (unpaired) electrons. The van der Waals surface area contributed by atoms with Crippen molar-refractivity contribution < 1.29 is 28.6 Å². The lowest BCUT2D eigenvalue weighted by Crippen LogP contribution is -2.52. The van der Waals surface area contributed by atoms with Gasteiger partial charge in [0, 0.05) is 11.1 Å². The van der Waals surface area contributed by atoms with E-state index in [2.05, 4.69) is 4.98 Å². The topological polar surface area (TPSA) is 95.0 Å². The molecule has 0 saturated carbocycles. The van der Waals surface area contributed by atoms with E-state index in [-0.39, 0.29) is 6.42 Å². The molecule has 1 aromatic carbocycles. The van der Waals surface area contributed by atoms with Crippen molar-refractivity contribution >= 4 is 29.1 Å². The lowest BCUT2D eigenvalue weighted by atomic mass is 10.1. The van der Waals surface area contributed by atoms with Crippen LogP contribution in [0.4, 0.5) is 9.59 Å². The third kappa shape index (κ3) is 7.21.